The van der Waals surface area contributed by atoms with Gasteiger partial charge in [0.2, 0.25) is 11.6 Å². The number of carbonyl (C=O) groups excluding carboxylic acids is 1. The Morgan fingerprint density at radius 2 is 1.56 bits per heavy atom. The molecule has 0 atom stereocenters. The molecule has 1 amide bonds. The molecule has 2 aromatic rings. The SMILES string of the molecule is CC(C)(C)OC(=O)N1CCC(COc2ccc([N+](=O)[O-])c(F)c2)CC1.O=[N+]([O-])c1ccc(O)cc1F. The number of nitro groups is 2. The minimum atomic E-state index is -1.03. The summed E-state index contributed by atoms with van der Waals surface area (Å²) >= 11 is 0. The summed E-state index contributed by atoms with van der Waals surface area (Å²) in [6, 6.07) is 6.16. The maximum Gasteiger partial charge on any atom is 0.410 e. The Bertz CT molecular complexity index is 1100. The number of hydrogen-bond donors (Lipinski definition) is 1. The van der Waals surface area contributed by atoms with E-state index in [1.807, 2.05) is 20.8 Å². The Morgan fingerprint density at radius 1 is 1.03 bits per heavy atom. The van der Waals surface area contributed by atoms with Gasteiger partial charge in [0, 0.05) is 37.4 Å². The van der Waals surface area contributed by atoms with Crippen LogP contribution < -0.4 is 4.74 Å². The summed E-state index contributed by atoms with van der Waals surface area (Å²) in [5.74, 6) is -1.78. The summed E-state index contributed by atoms with van der Waals surface area (Å²) in [5, 5.41) is 29.3. The van der Waals surface area contributed by atoms with Crippen LogP contribution in [0.3, 0.4) is 0 Å². The molecule has 0 radical (unpaired) electrons. The predicted octanol–water partition coefficient (Wildman–Crippen LogP) is 5.20. The zero-order valence-electron chi connectivity index (χ0n) is 20.0. The molecule has 1 aliphatic rings. The molecule has 0 unspecified atom stereocenters. The molecule has 0 aliphatic carbocycles. The summed E-state index contributed by atoms with van der Waals surface area (Å²) in [6.45, 7) is 7.02. The number of hydrogen-bond acceptors (Lipinski definition) is 8. The average Bonchev–Trinajstić information content (AvgIpc) is 2.77. The summed E-state index contributed by atoms with van der Waals surface area (Å²) in [6.07, 6.45) is 1.20. The van der Waals surface area contributed by atoms with Crippen molar-refractivity contribution in [1.82, 2.24) is 4.90 Å². The van der Waals surface area contributed by atoms with Gasteiger partial charge in [-0.3, -0.25) is 20.2 Å². The van der Waals surface area contributed by atoms with Gasteiger partial charge < -0.3 is 19.5 Å². The van der Waals surface area contributed by atoms with Gasteiger partial charge in [-0.15, -0.1) is 0 Å². The zero-order valence-corrected chi connectivity index (χ0v) is 20.0. The molecular weight excluding hydrogens is 484 g/mol. The molecule has 0 spiro atoms. The molecule has 1 heterocycles. The van der Waals surface area contributed by atoms with Crippen molar-refractivity contribution in [2.45, 2.75) is 39.2 Å². The maximum atomic E-state index is 13.6. The maximum absolute atomic E-state index is 13.6. The van der Waals surface area contributed by atoms with Crippen molar-refractivity contribution >= 4 is 17.5 Å². The molecule has 0 aromatic heterocycles. The van der Waals surface area contributed by atoms with Gasteiger partial charge in [-0.05, 0) is 51.7 Å². The molecule has 1 saturated heterocycles. The number of carbonyl (C=O) groups is 1. The van der Waals surface area contributed by atoms with E-state index < -0.39 is 38.5 Å². The number of aromatic hydroxyl groups is 1. The first-order valence-corrected chi connectivity index (χ1v) is 10.9. The smallest absolute Gasteiger partial charge is 0.410 e. The Hall–Kier alpha value is -4.03. The number of nitrogens with zero attached hydrogens (tertiary/aromatic N) is 3. The molecule has 1 N–H and O–H groups in total. The van der Waals surface area contributed by atoms with E-state index >= 15 is 0 Å². The number of amides is 1. The third-order valence-corrected chi connectivity index (χ3v) is 5.00. The average molecular weight is 511 g/mol. The van der Waals surface area contributed by atoms with Crippen molar-refractivity contribution in [3.8, 4) is 11.5 Å². The third kappa shape index (κ3) is 8.64. The fraction of sp³-hybridized carbons (Fsp3) is 0.435. The zero-order chi connectivity index (χ0) is 27.0. The van der Waals surface area contributed by atoms with Gasteiger partial charge in [0.15, 0.2) is 0 Å². The van der Waals surface area contributed by atoms with Crippen molar-refractivity contribution in [1.29, 1.82) is 0 Å². The van der Waals surface area contributed by atoms with Crippen molar-refractivity contribution < 1.29 is 38.0 Å². The highest BCUT2D eigenvalue weighted by Crippen LogP contribution is 2.25. The number of piperidine rings is 1. The largest absolute Gasteiger partial charge is 0.508 e. The number of phenols is 1. The monoisotopic (exact) mass is 511 g/mol. The van der Waals surface area contributed by atoms with Crippen LogP contribution in [-0.4, -0.2) is 51.2 Å². The van der Waals surface area contributed by atoms with Crippen molar-refractivity contribution in [3.05, 3.63) is 68.3 Å². The van der Waals surface area contributed by atoms with Gasteiger partial charge in [-0.1, -0.05) is 0 Å². The van der Waals surface area contributed by atoms with Gasteiger partial charge in [-0.25, -0.2) is 4.79 Å². The highest BCUT2D eigenvalue weighted by molar-refractivity contribution is 5.68. The highest BCUT2D eigenvalue weighted by Gasteiger charge is 2.27. The first-order valence-electron chi connectivity index (χ1n) is 10.9. The third-order valence-electron chi connectivity index (χ3n) is 5.00. The van der Waals surface area contributed by atoms with Crippen molar-refractivity contribution in [3.63, 3.8) is 0 Å². The lowest BCUT2D eigenvalue weighted by molar-refractivity contribution is -0.387. The minimum Gasteiger partial charge on any atom is -0.508 e. The molecule has 0 bridgehead atoms. The van der Waals surface area contributed by atoms with Gasteiger partial charge in [0.05, 0.1) is 16.5 Å². The molecule has 0 saturated carbocycles. The summed E-state index contributed by atoms with van der Waals surface area (Å²) in [4.78, 5) is 32.7. The first-order chi connectivity index (χ1) is 16.8. The van der Waals surface area contributed by atoms with Crippen LogP contribution in [0.4, 0.5) is 25.0 Å². The minimum absolute atomic E-state index is 0.233. The van der Waals surface area contributed by atoms with Crippen LogP contribution in [0.5, 0.6) is 11.5 Å². The normalized spacial score (nSPS) is 13.9. The van der Waals surface area contributed by atoms with Gasteiger partial charge in [0.1, 0.15) is 17.1 Å². The van der Waals surface area contributed by atoms with E-state index in [1.165, 1.54) is 6.07 Å². The Morgan fingerprint density at radius 3 is 2.03 bits per heavy atom. The Labute approximate surface area is 205 Å². The Kier molecular flexibility index (Phi) is 9.47. The lowest BCUT2D eigenvalue weighted by atomic mass is 9.98. The van der Waals surface area contributed by atoms with E-state index in [2.05, 4.69) is 0 Å². The second kappa shape index (κ2) is 12.1. The number of rotatable bonds is 5. The van der Waals surface area contributed by atoms with E-state index in [9.17, 15) is 33.8 Å². The number of benzene rings is 2. The van der Waals surface area contributed by atoms with Gasteiger partial charge in [0.25, 0.3) is 0 Å². The topological polar surface area (TPSA) is 145 Å². The fourth-order valence-electron chi connectivity index (χ4n) is 3.19. The quantitative estimate of drug-likeness (QED) is 0.426. The standard InChI is InChI=1S/C17H23FN2O5.C6H4FNO3/c1-17(2,3)25-16(21)19-8-6-12(7-9-19)11-24-13-4-5-15(20(22)23)14(18)10-13;7-5-3-4(9)1-2-6(5)8(10)11/h4-5,10,12H,6-9,11H2,1-3H3;1-3,9H. The van der Waals surface area contributed by atoms with E-state index in [4.69, 9.17) is 14.6 Å². The molecule has 1 fully saturated rings. The van der Waals surface area contributed by atoms with E-state index in [-0.39, 0.29) is 23.5 Å². The summed E-state index contributed by atoms with van der Waals surface area (Å²) < 4.78 is 36.9. The number of phenolic OH excluding ortho intramolecular Hbond substituents is 1. The van der Waals surface area contributed by atoms with Crippen LogP contribution in [0.15, 0.2) is 36.4 Å². The summed E-state index contributed by atoms with van der Waals surface area (Å²) in [5.41, 5.74) is -1.72. The number of ether oxygens (including phenoxy) is 2. The molecule has 13 heteroatoms. The molecular formula is C23H27F2N3O8. The van der Waals surface area contributed by atoms with E-state index in [1.54, 1.807) is 4.90 Å². The number of likely N-dealkylation sites (tertiary alicyclic amines) is 1. The predicted molar refractivity (Wildman–Crippen MR) is 124 cm³/mol. The van der Waals surface area contributed by atoms with Gasteiger partial charge >= 0.3 is 17.5 Å². The van der Waals surface area contributed by atoms with Crippen LogP contribution in [0.1, 0.15) is 33.6 Å². The first kappa shape index (κ1) is 28.2. The molecule has 36 heavy (non-hydrogen) atoms. The van der Waals surface area contributed by atoms with Crippen LogP contribution in [-0.2, 0) is 4.74 Å². The lowest BCUT2D eigenvalue weighted by Gasteiger charge is -2.33. The number of nitro benzene ring substituents is 2. The van der Waals surface area contributed by atoms with E-state index in [0.717, 1.165) is 37.1 Å². The van der Waals surface area contributed by atoms with Crippen LogP contribution >= 0.6 is 0 Å². The Balaban J connectivity index is 0.000000346. The molecule has 11 nitrogen and oxygen atoms in total. The second-order valence-corrected chi connectivity index (χ2v) is 8.98. The molecule has 2 aromatic carbocycles. The van der Waals surface area contributed by atoms with Crippen molar-refractivity contribution in [2.24, 2.45) is 5.92 Å². The lowest BCUT2D eigenvalue weighted by Crippen LogP contribution is -2.42. The summed E-state index contributed by atoms with van der Waals surface area (Å²) in [7, 11) is 0. The second-order valence-electron chi connectivity index (χ2n) is 8.98. The van der Waals surface area contributed by atoms with Gasteiger partial charge in [-0.2, -0.15) is 8.78 Å². The van der Waals surface area contributed by atoms with E-state index in [0.29, 0.717) is 25.8 Å². The highest BCUT2D eigenvalue weighted by atomic mass is 19.1. The van der Waals surface area contributed by atoms with Crippen LogP contribution in [0.2, 0.25) is 0 Å². The molecule has 196 valence electrons. The van der Waals surface area contributed by atoms with Crippen LogP contribution in [0.25, 0.3) is 0 Å². The fourth-order valence-corrected chi connectivity index (χ4v) is 3.19. The van der Waals surface area contributed by atoms with Crippen molar-refractivity contribution in [2.75, 3.05) is 19.7 Å². The number of halogens is 2. The molecule has 3 rings (SSSR count). The molecule has 1 aliphatic heterocycles. The van der Waals surface area contributed by atoms with Crippen LogP contribution in [0, 0.1) is 37.8 Å².